The van der Waals surface area contributed by atoms with Crippen molar-refractivity contribution in [3.63, 3.8) is 0 Å². The largest absolute Gasteiger partial charge is 0.374 e. The lowest BCUT2D eigenvalue weighted by Crippen LogP contribution is -2.25. The van der Waals surface area contributed by atoms with Crippen molar-refractivity contribution in [2.45, 2.75) is 13.5 Å². The molecule has 0 aliphatic carbocycles. The molecule has 0 bridgehead atoms. The minimum Gasteiger partial charge on any atom is -0.374 e. The number of hydrogen-bond acceptors (Lipinski definition) is 7. The summed E-state index contributed by atoms with van der Waals surface area (Å²) in [6.07, 6.45) is 0. The first kappa shape index (κ1) is 14.7. The van der Waals surface area contributed by atoms with Crippen molar-refractivity contribution in [1.82, 2.24) is 9.97 Å². The van der Waals surface area contributed by atoms with Crippen LogP contribution >= 0.6 is 0 Å². The smallest absolute Gasteiger partial charge is 0.158 e. The van der Waals surface area contributed by atoms with Crippen molar-refractivity contribution >= 4 is 11.6 Å². The molecule has 1 rings (SSSR count). The normalized spacial score (nSPS) is 9.47. The summed E-state index contributed by atoms with van der Waals surface area (Å²) in [6, 6.07) is 5.73. The first-order valence-electron chi connectivity index (χ1n) is 5.87. The van der Waals surface area contributed by atoms with Crippen molar-refractivity contribution in [2.24, 2.45) is 0 Å². The highest BCUT2D eigenvalue weighted by Crippen LogP contribution is 2.15. The third-order valence-electron chi connectivity index (χ3n) is 2.30. The van der Waals surface area contributed by atoms with Crippen LogP contribution in [0.4, 0.5) is 11.6 Å². The Balaban J connectivity index is 3.03. The first-order chi connectivity index (χ1) is 9.24. The predicted octanol–water partition coefficient (Wildman–Crippen LogP) is 0.908. The number of ether oxygens (including phenoxy) is 1. The van der Waals surface area contributed by atoms with E-state index in [9.17, 15) is 0 Å². The van der Waals surface area contributed by atoms with Crippen LogP contribution in [0.5, 0.6) is 0 Å². The molecular weight excluding hydrogens is 244 g/mol. The minimum absolute atomic E-state index is 0.0990. The van der Waals surface area contributed by atoms with Gasteiger partial charge in [0.2, 0.25) is 0 Å². The summed E-state index contributed by atoms with van der Waals surface area (Å²) >= 11 is 0. The molecule has 1 heterocycles. The highest BCUT2D eigenvalue weighted by atomic mass is 16.5. The maximum atomic E-state index is 8.78. The molecule has 0 aliphatic rings. The van der Waals surface area contributed by atoms with E-state index in [4.69, 9.17) is 15.3 Å². The Kier molecular flexibility index (Phi) is 6.07. The molecule has 7 nitrogen and oxygen atoms in total. The number of rotatable bonds is 7. The summed E-state index contributed by atoms with van der Waals surface area (Å²) in [4.78, 5) is 10.1. The van der Waals surface area contributed by atoms with Gasteiger partial charge in [0.05, 0.1) is 12.1 Å². The third-order valence-corrected chi connectivity index (χ3v) is 2.30. The summed E-state index contributed by atoms with van der Waals surface area (Å²) in [5.74, 6) is 1.68. The Morgan fingerprint density at radius 3 is 2.53 bits per heavy atom. The standard InChI is InChI=1S/C12H16N6O/c1-3-19-9-11-16-10(15-2)8-12(17-11)18(6-4-13)7-5-14/h8H,3,6-7,9H2,1-2H3,(H,15,16,17). The highest BCUT2D eigenvalue weighted by molar-refractivity contribution is 5.50. The molecule has 7 heteroatoms. The number of aromatic nitrogens is 2. The second-order valence-corrected chi connectivity index (χ2v) is 3.59. The van der Waals surface area contributed by atoms with Gasteiger partial charge in [-0.2, -0.15) is 10.5 Å². The van der Waals surface area contributed by atoms with Gasteiger partial charge < -0.3 is 15.0 Å². The SMILES string of the molecule is CCOCc1nc(NC)cc(N(CC#N)CC#N)n1. The van der Waals surface area contributed by atoms with Gasteiger partial charge in [-0.25, -0.2) is 9.97 Å². The van der Waals surface area contributed by atoms with Gasteiger partial charge >= 0.3 is 0 Å². The van der Waals surface area contributed by atoms with Crippen LogP contribution in [0, 0.1) is 22.7 Å². The molecule has 100 valence electrons. The molecule has 0 fully saturated rings. The Hall–Kier alpha value is -2.38. The number of hydrogen-bond donors (Lipinski definition) is 1. The van der Waals surface area contributed by atoms with Gasteiger partial charge in [0.25, 0.3) is 0 Å². The maximum absolute atomic E-state index is 8.78. The molecule has 1 aromatic heterocycles. The van der Waals surface area contributed by atoms with E-state index >= 15 is 0 Å². The van der Waals surface area contributed by atoms with Gasteiger partial charge in [-0.1, -0.05) is 0 Å². The van der Waals surface area contributed by atoms with E-state index in [0.717, 1.165) is 0 Å². The van der Waals surface area contributed by atoms with Crippen LogP contribution in [0.2, 0.25) is 0 Å². The van der Waals surface area contributed by atoms with Gasteiger partial charge in [-0.05, 0) is 6.92 Å². The average molecular weight is 260 g/mol. The molecule has 0 unspecified atom stereocenters. The van der Waals surface area contributed by atoms with Crippen LogP contribution < -0.4 is 10.2 Å². The summed E-state index contributed by atoms with van der Waals surface area (Å²) in [5.41, 5.74) is 0. The van der Waals surface area contributed by atoms with Crippen molar-refractivity contribution < 1.29 is 4.74 Å². The molecule has 0 aromatic carbocycles. The highest BCUT2D eigenvalue weighted by Gasteiger charge is 2.11. The third kappa shape index (κ3) is 4.41. The van der Waals surface area contributed by atoms with Crippen LogP contribution in [0.1, 0.15) is 12.7 Å². The van der Waals surface area contributed by atoms with E-state index < -0.39 is 0 Å². The second-order valence-electron chi connectivity index (χ2n) is 3.59. The second kappa shape index (κ2) is 7.85. The van der Waals surface area contributed by atoms with Crippen molar-refractivity contribution in [3.8, 4) is 12.1 Å². The molecule has 0 atom stereocenters. The predicted molar refractivity (Wildman–Crippen MR) is 70.3 cm³/mol. The number of nitriles is 2. The zero-order valence-electron chi connectivity index (χ0n) is 11.1. The monoisotopic (exact) mass is 260 g/mol. The van der Waals surface area contributed by atoms with Crippen LogP contribution in [0.25, 0.3) is 0 Å². The van der Waals surface area contributed by atoms with Gasteiger partial charge in [-0.3, -0.25) is 0 Å². The molecule has 1 aromatic rings. The maximum Gasteiger partial charge on any atom is 0.158 e. The minimum atomic E-state index is 0.0990. The molecule has 0 aliphatic heterocycles. The number of nitrogens with zero attached hydrogens (tertiary/aromatic N) is 5. The molecule has 19 heavy (non-hydrogen) atoms. The van der Waals surface area contributed by atoms with Crippen LogP contribution in [0.15, 0.2) is 6.07 Å². The zero-order valence-corrected chi connectivity index (χ0v) is 11.1. The summed E-state index contributed by atoms with van der Waals surface area (Å²) < 4.78 is 5.27. The Morgan fingerprint density at radius 1 is 1.32 bits per heavy atom. The van der Waals surface area contributed by atoms with E-state index in [2.05, 4.69) is 15.3 Å². The van der Waals surface area contributed by atoms with Crippen LogP contribution in [-0.2, 0) is 11.3 Å². The fraction of sp³-hybridized carbons (Fsp3) is 0.500. The molecule has 0 spiro atoms. The molecule has 0 saturated heterocycles. The fourth-order valence-corrected chi connectivity index (χ4v) is 1.42. The topological polar surface area (TPSA) is 97.9 Å². The van der Waals surface area contributed by atoms with E-state index in [1.807, 2.05) is 19.1 Å². The van der Waals surface area contributed by atoms with Gasteiger partial charge in [0.15, 0.2) is 5.82 Å². The molecule has 0 radical (unpaired) electrons. The lowest BCUT2D eigenvalue weighted by atomic mass is 10.4. The Labute approximate surface area is 112 Å². The van der Waals surface area contributed by atoms with Crippen molar-refractivity contribution in [3.05, 3.63) is 11.9 Å². The van der Waals surface area contributed by atoms with Crippen molar-refractivity contribution in [2.75, 3.05) is 37.0 Å². The van der Waals surface area contributed by atoms with E-state index in [1.54, 1.807) is 18.0 Å². The van der Waals surface area contributed by atoms with Gasteiger partial charge in [0.1, 0.15) is 31.3 Å². The Bertz CT molecular complexity index is 474. The lowest BCUT2D eigenvalue weighted by Gasteiger charge is -2.18. The quantitative estimate of drug-likeness (QED) is 0.727. The van der Waals surface area contributed by atoms with E-state index in [0.29, 0.717) is 30.7 Å². The number of anilines is 2. The Morgan fingerprint density at radius 2 is 2.00 bits per heavy atom. The molecule has 0 amide bonds. The summed E-state index contributed by atoms with van der Waals surface area (Å²) in [5, 5.41) is 20.5. The fourth-order valence-electron chi connectivity index (χ4n) is 1.42. The van der Waals surface area contributed by atoms with Crippen LogP contribution in [0.3, 0.4) is 0 Å². The van der Waals surface area contributed by atoms with Crippen molar-refractivity contribution in [1.29, 1.82) is 10.5 Å². The lowest BCUT2D eigenvalue weighted by molar-refractivity contribution is 0.128. The van der Waals surface area contributed by atoms with Gasteiger partial charge in [-0.15, -0.1) is 0 Å². The van der Waals surface area contributed by atoms with E-state index in [1.165, 1.54) is 0 Å². The number of nitrogens with one attached hydrogen (secondary N) is 1. The molecule has 0 saturated carbocycles. The first-order valence-corrected chi connectivity index (χ1v) is 5.87. The van der Waals surface area contributed by atoms with E-state index in [-0.39, 0.29) is 13.1 Å². The van der Waals surface area contributed by atoms with Crippen LogP contribution in [-0.4, -0.2) is 36.7 Å². The molecule has 1 N–H and O–H groups in total. The van der Waals surface area contributed by atoms with Gasteiger partial charge in [0, 0.05) is 19.7 Å². The molecular formula is C12H16N6O. The average Bonchev–Trinajstić information content (AvgIpc) is 2.44. The zero-order chi connectivity index (χ0) is 14.1. The summed E-state index contributed by atoms with van der Waals surface area (Å²) in [7, 11) is 1.75. The summed E-state index contributed by atoms with van der Waals surface area (Å²) in [6.45, 7) is 2.96.